The normalized spacial score (nSPS) is 16.1. The van der Waals surface area contributed by atoms with Crippen LogP contribution in [-0.2, 0) is 0 Å². The van der Waals surface area contributed by atoms with Gasteiger partial charge in [-0.25, -0.2) is 0 Å². The fourth-order valence-electron chi connectivity index (χ4n) is 10.00. The topological polar surface area (TPSA) is 63.9 Å². The zero-order valence-electron chi connectivity index (χ0n) is 35.4. The molecule has 2 atom stereocenters. The third-order valence-corrected chi connectivity index (χ3v) is 19.2. The van der Waals surface area contributed by atoms with Crippen LogP contribution < -0.4 is 9.47 Å². The van der Waals surface area contributed by atoms with Crippen LogP contribution >= 0.6 is 19.8 Å². The van der Waals surface area contributed by atoms with E-state index < -0.39 is 19.8 Å². The maximum Gasteiger partial charge on any atom is 0.147 e. The van der Waals surface area contributed by atoms with Crippen molar-refractivity contribution >= 4 is 41.6 Å². The van der Waals surface area contributed by atoms with Gasteiger partial charge in [-0.05, 0) is 42.8 Å². The molecule has 1 fully saturated rings. The van der Waals surface area contributed by atoms with Gasteiger partial charge >= 0.3 is 226 Å². The second kappa shape index (κ2) is 16.3. The van der Waals surface area contributed by atoms with Crippen molar-refractivity contribution in [3.8, 4) is 62.1 Å². The number of aromatic nitrogens is 1. The first-order valence-corrected chi connectivity index (χ1v) is 25.1. The minimum absolute atomic E-state index is 0.223. The molecule has 8 aromatic carbocycles. The van der Waals surface area contributed by atoms with Gasteiger partial charge in [0.15, 0.2) is 0 Å². The Balaban J connectivity index is 0.848. The molecule has 1 aromatic heterocycles. The first-order valence-electron chi connectivity index (χ1n) is 21.9. The Hall–Kier alpha value is -6.51. The number of phenols is 2. The number of para-hydroxylation sites is 4. The Morgan fingerprint density at radius 3 is 1.48 bits per heavy atom. The van der Waals surface area contributed by atoms with Crippen molar-refractivity contribution in [2.24, 2.45) is 11.8 Å². The molecule has 2 heterocycles. The van der Waals surface area contributed by atoms with E-state index in [-0.39, 0.29) is 5.75 Å². The van der Waals surface area contributed by atoms with Gasteiger partial charge in [-0.2, -0.15) is 0 Å². The molecule has 11 rings (SSSR count). The Morgan fingerprint density at radius 1 is 0.476 bits per heavy atom. The molecule has 9 aromatic rings. The molecule has 63 heavy (non-hydrogen) atoms. The second-order valence-corrected chi connectivity index (χ2v) is 22.1. The Morgan fingerprint density at radius 2 is 0.921 bits per heavy atom. The predicted octanol–water partition coefficient (Wildman–Crippen LogP) is 14.4. The van der Waals surface area contributed by atoms with Crippen LogP contribution in [0.1, 0.15) is 30.4 Å². The average Bonchev–Trinajstić information content (AvgIpc) is 4.01. The van der Waals surface area contributed by atoms with Crippen molar-refractivity contribution in [1.82, 2.24) is 4.57 Å². The van der Waals surface area contributed by atoms with Crippen LogP contribution in [0.15, 0.2) is 170 Å². The average molecular weight is 938 g/mol. The summed E-state index contributed by atoms with van der Waals surface area (Å²) in [5, 5.41) is 26.7. The molecule has 1 unspecified atom stereocenters. The quantitative estimate of drug-likeness (QED) is 0.134. The third kappa shape index (κ3) is 6.92. The summed E-state index contributed by atoms with van der Waals surface area (Å²) >= 11 is -2.17. The third-order valence-electron chi connectivity index (χ3n) is 13.0. The smallest absolute Gasteiger partial charge is 0.147 e. The zero-order valence-corrected chi connectivity index (χ0v) is 37.5. The number of hydrogen-bond acceptors (Lipinski definition) is 4. The minimum atomic E-state index is -2.17. The number of aryl methyl sites for hydroxylation is 2. The largest absolute Gasteiger partial charge is 0.505 e. The van der Waals surface area contributed by atoms with Gasteiger partial charge in [0.1, 0.15) is 5.75 Å². The first-order chi connectivity index (χ1) is 30.9. The number of benzene rings is 8. The number of ether oxygens (including phenoxy) is 2. The Bertz CT molecular complexity index is 3100. The molecule has 2 aliphatic rings. The summed E-state index contributed by atoms with van der Waals surface area (Å²) in [6.45, 7) is 5.33. The van der Waals surface area contributed by atoms with Crippen LogP contribution in [0.25, 0.3) is 60.9 Å². The van der Waals surface area contributed by atoms with Gasteiger partial charge in [-0.15, -0.1) is 0 Å². The fourth-order valence-corrected chi connectivity index (χ4v) is 16.7. The standard InChI is InChI=1S/C57H48INO4/c1-36-30-46(56(60)50(32-36)58-48-24-9-3-18-40(48)41-19-4-10-25-49(41)58)44-22-7-13-28-54(44)62-34-38-16-15-17-39(38)35-63-55-29-14-8-23-45(55)47-31-37(2)33-53(57(47)61)59-51-26-11-5-20-42(51)43-21-6-12-27-52(43)59/h3-14,18-33,38-39,60-61H,15-17,34-35H2,1-2H3/t38-,39?/m1/s1. The molecular weight excluding hydrogens is 890 g/mol. The van der Waals surface area contributed by atoms with Crippen LogP contribution in [0.2, 0.25) is 0 Å². The molecule has 2 N–H and O–H groups in total. The van der Waals surface area contributed by atoms with E-state index in [9.17, 15) is 10.2 Å². The van der Waals surface area contributed by atoms with Crippen molar-refractivity contribution in [2.75, 3.05) is 13.2 Å². The van der Waals surface area contributed by atoms with E-state index in [1.54, 1.807) is 0 Å². The molecule has 1 aliphatic heterocycles. The minimum Gasteiger partial charge on any atom is -0.505 e. The van der Waals surface area contributed by atoms with E-state index in [4.69, 9.17) is 9.47 Å². The van der Waals surface area contributed by atoms with Crippen molar-refractivity contribution < 1.29 is 19.7 Å². The Labute approximate surface area is 375 Å². The van der Waals surface area contributed by atoms with E-state index in [0.29, 0.717) is 30.8 Å². The number of rotatable bonds is 10. The van der Waals surface area contributed by atoms with Gasteiger partial charge in [-0.1, -0.05) is 54.6 Å². The van der Waals surface area contributed by atoms with E-state index in [2.05, 4.69) is 146 Å². The molecule has 0 bridgehead atoms. The molecular formula is C57H48INO4. The van der Waals surface area contributed by atoms with Crippen molar-refractivity contribution in [3.05, 3.63) is 192 Å². The van der Waals surface area contributed by atoms with Crippen LogP contribution in [-0.4, -0.2) is 28.0 Å². The van der Waals surface area contributed by atoms with Gasteiger partial charge in [0.2, 0.25) is 0 Å². The van der Waals surface area contributed by atoms with E-state index in [1.165, 1.54) is 18.3 Å². The summed E-state index contributed by atoms with van der Waals surface area (Å²) in [7, 11) is 0. The van der Waals surface area contributed by atoms with E-state index in [1.807, 2.05) is 42.5 Å². The molecule has 312 valence electrons. The molecule has 1 aliphatic carbocycles. The number of aromatic hydroxyl groups is 2. The maximum absolute atomic E-state index is 12.2. The van der Waals surface area contributed by atoms with Crippen LogP contribution in [0.4, 0.5) is 0 Å². The fraction of sp³-hybridized carbons (Fsp3) is 0.158. The maximum atomic E-state index is 12.2. The summed E-state index contributed by atoms with van der Waals surface area (Å²) in [5.74, 6) is 2.73. The number of nitrogens with zero attached hydrogens (tertiary/aromatic N) is 1. The Kier molecular flexibility index (Phi) is 10.2. The van der Waals surface area contributed by atoms with Gasteiger partial charge in [0, 0.05) is 21.9 Å². The van der Waals surface area contributed by atoms with Gasteiger partial charge in [0.05, 0.1) is 16.7 Å². The van der Waals surface area contributed by atoms with E-state index in [0.717, 1.165) is 95.2 Å². The zero-order chi connectivity index (χ0) is 42.6. The molecule has 6 heteroatoms. The predicted molar refractivity (Wildman–Crippen MR) is 265 cm³/mol. The summed E-state index contributed by atoms with van der Waals surface area (Å²) < 4.78 is 19.5. The molecule has 0 amide bonds. The molecule has 5 nitrogen and oxygen atoms in total. The SMILES string of the molecule is Cc1cc(-c2ccccc2OCC2CCC[C@@H]2COc2ccccc2-c2cc(C)cc(I3c4ccccc4-c4ccccc43)c2O)c(O)c(-n2c3ccccc3c3ccccc32)c1. The molecule has 0 radical (unpaired) electrons. The molecule has 1 saturated carbocycles. The summed E-state index contributed by atoms with van der Waals surface area (Å²) in [6, 6.07) is 58.9. The van der Waals surface area contributed by atoms with Crippen molar-refractivity contribution in [2.45, 2.75) is 33.1 Å². The monoisotopic (exact) mass is 937 g/mol. The number of hydrogen-bond donors (Lipinski definition) is 2. The molecule has 0 spiro atoms. The summed E-state index contributed by atoms with van der Waals surface area (Å²) in [5.41, 5.74) is 11.0. The van der Waals surface area contributed by atoms with Crippen LogP contribution in [0, 0.1) is 36.4 Å². The van der Waals surface area contributed by atoms with Crippen LogP contribution in [0.5, 0.6) is 23.0 Å². The first kappa shape index (κ1) is 39.3. The van der Waals surface area contributed by atoms with E-state index >= 15 is 0 Å². The number of fused-ring (bicyclic) bond motifs is 6. The second-order valence-electron chi connectivity index (χ2n) is 17.0. The van der Waals surface area contributed by atoms with Crippen molar-refractivity contribution in [3.63, 3.8) is 0 Å². The van der Waals surface area contributed by atoms with Crippen molar-refractivity contribution in [1.29, 1.82) is 0 Å². The number of phenolic OH excluding ortho intramolecular Hbond substituents is 2. The molecule has 0 saturated heterocycles. The van der Waals surface area contributed by atoms with Gasteiger partial charge in [-0.3, -0.25) is 0 Å². The van der Waals surface area contributed by atoms with Crippen LogP contribution in [0.3, 0.4) is 0 Å². The summed E-state index contributed by atoms with van der Waals surface area (Å²) in [4.78, 5) is 0. The number of halogens is 1. The van der Waals surface area contributed by atoms with Gasteiger partial charge < -0.3 is 9.67 Å². The summed E-state index contributed by atoms with van der Waals surface area (Å²) in [6.07, 6.45) is 3.23. The van der Waals surface area contributed by atoms with Gasteiger partial charge in [0.25, 0.3) is 0 Å².